The van der Waals surface area contributed by atoms with Crippen LogP contribution in [0.4, 0.5) is 17.1 Å². The van der Waals surface area contributed by atoms with E-state index in [0.717, 1.165) is 67.9 Å². The fourth-order valence-corrected chi connectivity index (χ4v) is 12.0. The van der Waals surface area contributed by atoms with Gasteiger partial charge in [-0.3, -0.25) is 0 Å². The van der Waals surface area contributed by atoms with Crippen molar-refractivity contribution in [2.24, 2.45) is 0 Å². The first-order valence-corrected chi connectivity index (χ1v) is 22.4. The number of anilines is 3. The number of para-hydroxylation sites is 5. The number of ether oxygens (including phenoxy) is 2. The minimum absolute atomic E-state index is 0.541. The Balaban J connectivity index is 0.984. The maximum Gasteiger partial charge on any atom is 0.132 e. The van der Waals surface area contributed by atoms with E-state index in [1.807, 2.05) is 0 Å². The highest BCUT2D eigenvalue weighted by Gasteiger charge is 2.53. The van der Waals surface area contributed by atoms with Crippen LogP contribution >= 0.6 is 0 Å². The van der Waals surface area contributed by atoms with Gasteiger partial charge in [-0.1, -0.05) is 176 Å². The average Bonchev–Trinajstić information content (AvgIpc) is 3.83. The lowest BCUT2D eigenvalue weighted by Gasteiger charge is -2.39. The molecule has 4 aliphatic rings. The lowest BCUT2D eigenvalue weighted by atomic mass is 9.66. The van der Waals surface area contributed by atoms with E-state index in [-0.39, 0.29) is 0 Å². The molecule has 0 radical (unpaired) electrons. The molecule has 3 nitrogen and oxygen atoms in total. The number of benzene rings is 10. The van der Waals surface area contributed by atoms with Gasteiger partial charge in [0.1, 0.15) is 23.0 Å². The third kappa shape index (κ3) is 4.79. The summed E-state index contributed by atoms with van der Waals surface area (Å²) in [4.78, 5) is 2.42. The van der Waals surface area contributed by atoms with Crippen molar-refractivity contribution in [2.75, 3.05) is 4.90 Å². The molecule has 3 heteroatoms. The molecule has 0 fully saturated rings. The number of fused-ring (bicyclic) bond motifs is 18. The van der Waals surface area contributed by atoms with E-state index in [1.165, 1.54) is 50.1 Å². The predicted molar refractivity (Wildman–Crippen MR) is 261 cm³/mol. The number of nitrogens with zero attached hydrogens (tertiary/aromatic N) is 1. The van der Waals surface area contributed by atoms with Crippen LogP contribution < -0.4 is 14.4 Å². The van der Waals surface area contributed by atoms with Crippen LogP contribution in [0, 0.1) is 0 Å². The summed E-state index contributed by atoms with van der Waals surface area (Å²) >= 11 is 0. The van der Waals surface area contributed by atoms with Gasteiger partial charge in [-0.2, -0.15) is 0 Å². The van der Waals surface area contributed by atoms with Gasteiger partial charge in [0.2, 0.25) is 0 Å². The first kappa shape index (κ1) is 36.1. The summed E-state index contributed by atoms with van der Waals surface area (Å²) in [7, 11) is 0. The largest absolute Gasteiger partial charge is 0.457 e. The van der Waals surface area contributed by atoms with Gasteiger partial charge >= 0.3 is 0 Å². The quantitative estimate of drug-likeness (QED) is 0.176. The van der Waals surface area contributed by atoms with Gasteiger partial charge in [0, 0.05) is 39.3 Å². The summed E-state index contributed by atoms with van der Waals surface area (Å²) in [5.74, 6) is 3.56. The molecule has 14 rings (SSSR count). The van der Waals surface area contributed by atoms with Crippen LogP contribution in [0.5, 0.6) is 23.0 Å². The highest BCUT2D eigenvalue weighted by atomic mass is 16.5. The number of hydrogen-bond donors (Lipinski definition) is 0. The highest BCUT2D eigenvalue weighted by molar-refractivity contribution is 5.98. The van der Waals surface area contributed by atoms with E-state index in [0.29, 0.717) is 0 Å². The van der Waals surface area contributed by atoms with Crippen molar-refractivity contribution in [3.63, 3.8) is 0 Å². The van der Waals surface area contributed by atoms with Crippen molar-refractivity contribution < 1.29 is 9.47 Å². The molecule has 2 aliphatic heterocycles. The summed E-state index contributed by atoms with van der Waals surface area (Å²) in [5.41, 5.74) is 19.2. The zero-order chi connectivity index (χ0) is 42.7. The Bertz CT molecular complexity index is 3500. The second kappa shape index (κ2) is 13.6. The molecular weight excluding hydrogens is 791 g/mol. The van der Waals surface area contributed by atoms with Crippen molar-refractivity contribution >= 4 is 17.1 Å². The van der Waals surface area contributed by atoms with Gasteiger partial charge in [0.15, 0.2) is 0 Å². The van der Waals surface area contributed by atoms with Crippen LogP contribution in [0.15, 0.2) is 237 Å². The van der Waals surface area contributed by atoms with Crippen molar-refractivity contribution in [1.29, 1.82) is 0 Å². The average molecular weight is 830 g/mol. The summed E-state index contributed by atoms with van der Waals surface area (Å²) < 4.78 is 13.3. The van der Waals surface area contributed by atoms with Crippen LogP contribution in [0.1, 0.15) is 44.5 Å². The molecular formula is C62H39NO2. The second-order valence-corrected chi connectivity index (χ2v) is 17.5. The van der Waals surface area contributed by atoms with Crippen molar-refractivity contribution in [3.8, 4) is 56.4 Å². The van der Waals surface area contributed by atoms with E-state index in [9.17, 15) is 0 Å². The minimum Gasteiger partial charge on any atom is -0.457 e. The van der Waals surface area contributed by atoms with Crippen LogP contribution in [0.2, 0.25) is 0 Å². The fourth-order valence-electron chi connectivity index (χ4n) is 12.0. The van der Waals surface area contributed by atoms with Gasteiger partial charge in [-0.15, -0.1) is 0 Å². The van der Waals surface area contributed by atoms with E-state index in [2.05, 4.69) is 241 Å². The minimum atomic E-state index is -0.576. The van der Waals surface area contributed by atoms with Gasteiger partial charge in [0.05, 0.1) is 10.8 Å². The third-order valence-electron chi connectivity index (χ3n) is 14.4. The Morgan fingerprint density at radius 1 is 0.262 bits per heavy atom. The zero-order valence-electron chi connectivity index (χ0n) is 35.3. The first-order valence-electron chi connectivity index (χ1n) is 22.4. The maximum absolute atomic E-state index is 6.67. The Morgan fingerprint density at radius 3 is 1.29 bits per heavy atom. The van der Waals surface area contributed by atoms with E-state index >= 15 is 0 Å². The highest BCUT2D eigenvalue weighted by Crippen LogP contribution is 2.65. The standard InChI is InChI=1S/C62H39NO2/c1-2-19-41(20-3-1)63(43-36-37-46-45-22-4-6-25-48(45)62(55(46)39-43)52-29-10-14-34-58(52)65-59-35-15-11-30-53(59)62)42-21-16-18-40(38-42)44-24-17-31-54-60(44)47-23-5-7-26-49(47)61(54)50-27-8-12-32-56(50)64-57-33-13-9-28-51(57)61/h1-39H. The molecule has 304 valence electrons. The Labute approximate surface area is 378 Å². The van der Waals surface area contributed by atoms with E-state index in [1.54, 1.807) is 0 Å². The smallest absolute Gasteiger partial charge is 0.132 e. The lowest BCUT2D eigenvalue weighted by Crippen LogP contribution is -2.32. The summed E-state index contributed by atoms with van der Waals surface area (Å²) in [6.07, 6.45) is 0. The molecule has 2 spiro atoms. The molecule has 10 aromatic rings. The molecule has 0 unspecified atom stereocenters. The molecule has 0 saturated heterocycles. The van der Waals surface area contributed by atoms with Crippen LogP contribution in [0.25, 0.3) is 33.4 Å². The van der Waals surface area contributed by atoms with Crippen molar-refractivity contribution in [2.45, 2.75) is 10.8 Å². The van der Waals surface area contributed by atoms with E-state index in [4.69, 9.17) is 9.47 Å². The lowest BCUT2D eigenvalue weighted by molar-refractivity contribution is 0.436. The monoisotopic (exact) mass is 829 g/mol. The Morgan fingerprint density at radius 2 is 0.677 bits per heavy atom. The van der Waals surface area contributed by atoms with Gasteiger partial charge in [0.25, 0.3) is 0 Å². The molecule has 0 amide bonds. The summed E-state index contributed by atoms with van der Waals surface area (Å²) in [6.45, 7) is 0. The molecule has 2 heterocycles. The van der Waals surface area contributed by atoms with Gasteiger partial charge in [-0.25, -0.2) is 0 Å². The van der Waals surface area contributed by atoms with Crippen molar-refractivity contribution in [1.82, 2.24) is 0 Å². The maximum atomic E-state index is 6.67. The van der Waals surface area contributed by atoms with Gasteiger partial charge < -0.3 is 14.4 Å². The Hall–Kier alpha value is -8.40. The third-order valence-corrected chi connectivity index (χ3v) is 14.4. The molecule has 10 aromatic carbocycles. The van der Waals surface area contributed by atoms with Crippen molar-refractivity contribution in [3.05, 3.63) is 281 Å². The normalized spacial score (nSPS) is 14.3. The molecule has 0 atom stereocenters. The topological polar surface area (TPSA) is 21.7 Å². The molecule has 2 aliphatic carbocycles. The van der Waals surface area contributed by atoms with Crippen LogP contribution in [0.3, 0.4) is 0 Å². The first-order chi connectivity index (χ1) is 32.2. The molecule has 0 N–H and O–H groups in total. The number of rotatable bonds is 4. The van der Waals surface area contributed by atoms with Crippen LogP contribution in [-0.4, -0.2) is 0 Å². The molecule has 0 aromatic heterocycles. The Kier molecular flexibility index (Phi) is 7.53. The molecule has 0 bridgehead atoms. The summed E-state index contributed by atoms with van der Waals surface area (Å²) in [6, 6.07) is 86.0. The van der Waals surface area contributed by atoms with E-state index < -0.39 is 10.8 Å². The predicted octanol–water partition coefficient (Wildman–Crippen LogP) is 15.8. The summed E-state index contributed by atoms with van der Waals surface area (Å²) in [5, 5.41) is 0. The number of hydrogen-bond acceptors (Lipinski definition) is 3. The SMILES string of the molecule is c1ccc(N(c2cccc(-c3cccc4c3-c3ccccc3C43c4ccccc4Oc4ccccc43)c2)c2ccc3c(c2)C2(c4ccccc4Oc4ccccc42)c2ccccc2-3)cc1. The molecule has 0 saturated carbocycles. The van der Waals surface area contributed by atoms with Crippen LogP contribution in [-0.2, 0) is 10.8 Å². The molecule has 65 heavy (non-hydrogen) atoms. The van der Waals surface area contributed by atoms with Gasteiger partial charge in [-0.05, 0) is 116 Å². The second-order valence-electron chi connectivity index (χ2n) is 17.5. The fraction of sp³-hybridized carbons (Fsp3) is 0.0323. The zero-order valence-corrected chi connectivity index (χ0v) is 35.3.